The van der Waals surface area contributed by atoms with Gasteiger partial charge in [0, 0.05) is 11.4 Å². The van der Waals surface area contributed by atoms with Crippen molar-refractivity contribution in [3.63, 3.8) is 0 Å². The summed E-state index contributed by atoms with van der Waals surface area (Å²) in [6.07, 6.45) is 7.28. The van der Waals surface area contributed by atoms with Crippen LogP contribution in [0.15, 0.2) is 47.7 Å². The molecule has 4 heteroatoms. The number of carbonyl (C=O) groups is 1. The molecule has 116 valence electrons. The first-order valence-corrected chi connectivity index (χ1v) is 7.15. The molecule has 4 N–H and O–H groups in total. The molecule has 0 aliphatic heterocycles. The Bertz CT molecular complexity index is 462. The molecular formula is C17H26N2O2. The SMILES string of the molecule is CC.COc1ccc(N)cc1.NC1=CC=C(C=O)CCC1. The predicted molar refractivity (Wildman–Crippen MR) is 89.0 cm³/mol. The third-order valence-electron chi connectivity index (χ3n) is 2.71. The van der Waals surface area contributed by atoms with Crippen LogP contribution in [0.1, 0.15) is 33.1 Å². The van der Waals surface area contributed by atoms with Crippen LogP contribution in [-0.2, 0) is 4.79 Å². The standard InChI is InChI=1S/C8H11NO.C7H9NO.C2H6/c9-8-3-1-2-7(6-10)4-5-8;1-9-7-4-2-6(8)3-5-7;1-2/h4-6H,1-3,9H2;2-5H,8H2,1H3;1-2H3. The molecule has 0 amide bonds. The number of hydrogen-bond acceptors (Lipinski definition) is 4. The molecule has 0 spiro atoms. The minimum Gasteiger partial charge on any atom is -0.497 e. The quantitative estimate of drug-likeness (QED) is 0.646. The summed E-state index contributed by atoms with van der Waals surface area (Å²) in [5, 5.41) is 0. The van der Waals surface area contributed by atoms with Crippen LogP contribution in [-0.4, -0.2) is 13.4 Å². The number of benzene rings is 1. The summed E-state index contributed by atoms with van der Waals surface area (Å²) in [5.41, 5.74) is 13.5. The first kappa shape index (κ1) is 18.8. The van der Waals surface area contributed by atoms with Crippen molar-refractivity contribution in [3.8, 4) is 5.75 Å². The number of allylic oxidation sites excluding steroid dienone is 4. The van der Waals surface area contributed by atoms with Crippen LogP contribution in [0.2, 0.25) is 0 Å². The van der Waals surface area contributed by atoms with Crippen molar-refractivity contribution in [2.75, 3.05) is 12.8 Å². The lowest BCUT2D eigenvalue weighted by molar-refractivity contribution is -0.105. The predicted octanol–water partition coefficient (Wildman–Crippen LogP) is 3.44. The van der Waals surface area contributed by atoms with E-state index < -0.39 is 0 Å². The number of rotatable bonds is 2. The van der Waals surface area contributed by atoms with Gasteiger partial charge in [-0.25, -0.2) is 0 Å². The summed E-state index contributed by atoms with van der Waals surface area (Å²) in [7, 11) is 1.63. The minimum absolute atomic E-state index is 0.760. The maximum absolute atomic E-state index is 10.3. The number of carbonyl (C=O) groups excluding carboxylic acids is 1. The van der Waals surface area contributed by atoms with Crippen molar-refractivity contribution in [1.82, 2.24) is 0 Å². The van der Waals surface area contributed by atoms with Gasteiger partial charge in [0.25, 0.3) is 0 Å². The van der Waals surface area contributed by atoms with Gasteiger partial charge in [-0.15, -0.1) is 0 Å². The third kappa shape index (κ3) is 8.52. The van der Waals surface area contributed by atoms with E-state index in [0.717, 1.165) is 48.3 Å². The van der Waals surface area contributed by atoms with Gasteiger partial charge in [0.05, 0.1) is 7.11 Å². The molecule has 0 aromatic heterocycles. The lowest BCUT2D eigenvalue weighted by atomic mass is 10.1. The Balaban J connectivity index is 0.000000342. The van der Waals surface area contributed by atoms with Crippen LogP contribution in [0, 0.1) is 0 Å². The monoisotopic (exact) mass is 290 g/mol. The summed E-state index contributed by atoms with van der Waals surface area (Å²) in [4.78, 5) is 10.3. The first-order valence-electron chi connectivity index (χ1n) is 7.15. The highest BCUT2D eigenvalue weighted by Gasteiger charge is 1.99. The number of hydrogen-bond donors (Lipinski definition) is 2. The number of ether oxygens (including phenoxy) is 1. The summed E-state index contributed by atoms with van der Waals surface area (Å²) in [6, 6.07) is 7.27. The van der Waals surface area contributed by atoms with Gasteiger partial charge in [-0.3, -0.25) is 4.79 Å². The molecule has 1 aliphatic carbocycles. The Labute approximate surface area is 127 Å². The fourth-order valence-electron chi connectivity index (χ4n) is 1.58. The van der Waals surface area contributed by atoms with Gasteiger partial charge in [0.15, 0.2) is 0 Å². The summed E-state index contributed by atoms with van der Waals surface area (Å²) < 4.78 is 4.91. The summed E-state index contributed by atoms with van der Waals surface area (Å²) >= 11 is 0. The van der Waals surface area contributed by atoms with E-state index in [0.29, 0.717) is 0 Å². The third-order valence-corrected chi connectivity index (χ3v) is 2.71. The van der Waals surface area contributed by atoms with E-state index in [9.17, 15) is 4.79 Å². The average Bonchev–Trinajstić information content (AvgIpc) is 2.75. The van der Waals surface area contributed by atoms with Gasteiger partial charge in [-0.05, 0) is 55.2 Å². The zero-order valence-electron chi connectivity index (χ0n) is 13.1. The van der Waals surface area contributed by atoms with Gasteiger partial charge < -0.3 is 16.2 Å². The Hall–Kier alpha value is -2.23. The molecule has 0 atom stereocenters. The van der Waals surface area contributed by atoms with Crippen molar-refractivity contribution in [2.24, 2.45) is 5.73 Å². The molecule has 0 fully saturated rings. The van der Waals surface area contributed by atoms with Crippen molar-refractivity contribution in [1.29, 1.82) is 0 Å². The molecule has 0 saturated heterocycles. The number of nitrogens with two attached hydrogens (primary N) is 2. The van der Waals surface area contributed by atoms with Gasteiger partial charge in [-0.1, -0.05) is 19.9 Å². The zero-order chi connectivity index (χ0) is 16.1. The highest BCUT2D eigenvalue weighted by Crippen LogP contribution is 2.12. The lowest BCUT2D eigenvalue weighted by Gasteiger charge is -1.97. The minimum atomic E-state index is 0.760. The summed E-state index contributed by atoms with van der Waals surface area (Å²) in [6.45, 7) is 4.00. The van der Waals surface area contributed by atoms with Crippen LogP contribution < -0.4 is 16.2 Å². The number of methoxy groups -OCH3 is 1. The molecule has 0 heterocycles. The molecule has 1 aliphatic rings. The molecule has 2 rings (SSSR count). The van der Waals surface area contributed by atoms with Crippen molar-refractivity contribution in [3.05, 3.63) is 47.7 Å². The van der Waals surface area contributed by atoms with Crippen molar-refractivity contribution < 1.29 is 9.53 Å². The zero-order valence-corrected chi connectivity index (χ0v) is 13.1. The Kier molecular flexibility index (Phi) is 10.4. The molecule has 0 saturated carbocycles. The molecular weight excluding hydrogens is 264 g/mol. The molecule has 1 aromatic carbocycles. The molecule has 21 heavy (non-hydrogen) atoms. The van der Waals surface area contributed by atoms with Gasteiger partial charge in [0.1, 0.15) is 12.0 Å². The molecule has 0 bridgehead atoms. The Morgan fingerprint density at radius 3 is 2.19 bits per heavy atom. The van der Waals surface area contributed by atoms with Crippen LogP contribution in [0.4, 0.5) is 5.69 Å². The highest BCUT2D eigenvalue weighted by molar-refractivity contribution is 5.73. The Morgan fingerprint density at radius 1 is 1.05 bits per heavy atom. The maximum atomic E-state index is 10.3. The van der Waals surface area contributed by atoms with Crippen molar-refractivity contribution in [2.45, 2.75) is 33.1 Å². The van der Waals surface area contributed by atoms with E-state index in [1.54, 1.807) is 25.3 Å². The van der Waals surface area contributed by atoms with E-state index in [4.69, 9.17) is 16.2 Å². The van der Waals surface area contributed by atoms with Crippen LogP contribution in [0.5, 0.6) is 5.75 Å². The summed E-state index contributed by atoms with van der Waals surface area (Å²) in [5.74, 6) is 0.837. The van der Waals surface area contributed by atoms with E-state index in [-0.39, 0.29) is 0 Å². The topological polar surface area (TPSA) is 78.3 Å². The number of nitrogen functional groups attached to an aromatic ring is 1. The second kappa shape index (κ2) is 11.6. The largest absolute Gasteiger partial charge is 0.497 e. The van der Waals surface area contributed by atoms with E-state index in [1.807, 2.05) is 32.1 Å². The molecule has 0 radical (unpaired) electrons. The van der Waals surface area contributed by atoms with Crippen LogP contribution in [0.3, 0.4) is 0 Å². The van der Waals surface area contributed by atoms with E-state index >= 15 is 0 Å². The fourth-order valence-corrected chi connectivity index (χ4v) is 1.58. The molecule has 4 nitrogen and oxygen atoms in total. The average molecular weight is 290 g/mol. The number of anilines is 1. The highest BCUT2D eigenvalue weighted by atomic mass is 16.5. The maximum Gasteiger partial charge on any atom is 0.146 e. The molecule has 1 aromatic rings. The fraction of sp³-hybridized carbons (Fsp3) is 0.353. The van der Waals surface area contributed by atoms with Crippen LogP contribution in [0.25, 0.3) is 0 Å². The van der Waals surface area contributed by atoms with Gasteiger partial charge in [-0.2, -0.15) is 0 Å². The van der Waals surface area contributed by atoms with Gasteiger partial charge >= 0.3 is 0 Å². The first-order chi connectivity index (χ1) is 10.2. The van der Waals surface area contributed by atoms with Crippen LogP contribution >= 0.6 is 0 Å². The van der Waals surface area contributed by atoms with E-state index in [2.05, 4.69) is 0 Å². The van der Waals surface area contributed by atoms with E-state index in [1.165, 1.54) is 0 Å². The normalized spacial score (nSPS) is 13.1. The Morgan fingerprint density at radius 2 is 1.67 bits per heavy atom. The number of aldehydes is 1. The van der Waals surface area contributed by atoms with Crippen molar-refractivity contribution >= 4 is 12.0 Å². The second-order valence-corrected chi connectivity index (χ2v) is 4.23. The lowest BCUT2D eigenvalue weighted by Crippen LogP contribution is -1.94. The van der Waals surface area contributed by atoms with Gasteiger partial charge in [0.2, 0.25) is 0 Å². The molecule has 0 unspecified atom stereocenters. The second-order valence-electron chi connectivity index (χ2n) is 4.23. The smallest absolute Gasteiger partial charge is 0.146 e.